The molecule has 0 fully saturated rings. The molecule has 0 N–H and O–H groups in total. The van der Waals surface area contributed by atoms with Gasteiger partial charge in [0.05, 0.1) is 89.1 Å². The lowest BCUT2D eigenvalue weighted by Gasteiger charge is -2.16. The fourth-order valence-electron chi connectivity index (χ4n) is 14.0. The van der Waals surface area contributed by atoms with Crippen molar-refractivity contribution in [1.29, 1.82) is 21.0 Å². The molecule has 0 atom stereocenters. The van der Waals surface area contributed by atoms with E-state index in [0.717, 1.165) is 131 Å². The summed E-state index contributed by atoms with van der Waals surface area (Å²) in [4.78, 5) is 0. The molecule has 0 aliphatic heterocycles. The molecule has 17 aromatic rings. The summed E-state index contributed by atoms with van der Waals surface area (Å²) in [5.41, 5.74) is 13.4. The number of fused-ring (bicyclic) bond motifs is 18. The first-order valence-corrected chi connectivity index (χ1v) is 27.8. The van der Waals surface area contributed by atoms with Gasteiger partial charge >= 0.3 is 0 Å². The van der Waals surface area contributed by atoms with Crippen LogP contribution >= 0.6 is 0 Å². The predicted molar refractivity (Wildman–Crippen MR) is 341 cm³/mol. The number of benzene rings is 13. The van der Waals surface area contributed by atoms with Crippen LogP contribution in [-0.2, 0) is 0 Å². The Kier molecular flexibility index (Phi) is 9.81. The van der Waals surface area contributed by atoms with E-state index < -0.39 is 0 Å². The maximum Gasteiger partial charge on any atom is 0.103 e. The molecular formula is C76H40N8. The maximum atomic E-state index is 11.2. The lowest BCUT2D eigenvalue weighted by atomic mass is 9.96. The topological polar surface area (TPSA) is 115 Å². The van der Waals surface area contributed by atoms with Gasteiger partial charge in [0.25, 0.3) is 0 Å². The van der Waals surface area contributed by atoms with Gasteiger partial charge in [-0.05, 0) is 128 Å². The normalized spacial score (nSPS) is 11.8. The largest absolute Gasteiger partial charge is 0.308 e. The molecule has 0 saturated heterocycles. The first-order chi connectivity index (χ1) is 41.5. The van der Waals surface area contributed by atoms with E-state index in [0.29, 0.717) is 45.0 Å². The summed E-state index contributed by atoms with van der Waals surface area (Å²) in [6.07, 6.45) is 0. The number of hydrogen-bond acceptors (Lipinski definition) is 4. The molecule has 0 unspecified atom stereocenters. The van der Waals surface area contributed by atoms with Gasteiger partial charge in [-0.25, -0.2) is 0 Å². The monoisotopic (exact) mass is 1060 g/mol. The molecule has 0 aliphatic rings. The summed E-state index contributed by atoms with van der Waals surface area (Å²) in [6.45, 7) is 0. The summed E-state index contributed by atoms with van der Waals surface area (Å²) < 4.78 is 8.54. The summed E-state index contributed by atoms with van der Waals surface area (Å²) in [5, 5.41) is 59.7. The van der Waals surface area contributed by atoms with Crippen molar-refractivity contribution in [2.45, 2.75) is 0 Å². The van der Waals surface area contributed by atoms with Crippen molar-refractivity contribution < 1.29 is 0 Å². The van der Waals surface area contributed by atoms with E-state index in [1.807, 2.05) is 78.9 Å². The van der Waals surface area contributed by atoms with E-state index in [2.05, 4.69) is 206 Å². The Hall–Kier alpha value is -12.2. The second-order valence-corrected chi connectivity index (χ2v) is 21.6. The van der Waals surface area contributed by atoms with Crippen molar-refractivity contribution in [2.24, 2.45) is 0 Å². The van der Waals surface area contributed by atoms with E-state index in [9.17, 15) is 21.0 Å². The first-order valence-electron chi connectivity index (χ1n) is 27.8. The van der Waals surface area contributed by atoms with Gasteiger partial charge in [0, 0.05) is 43.1 Å². The molecule has 84 heavy (non-hydrogen) atoms. The Morgan fingerprint density at radius 2 is 0.524 bits per heavy atom. The van der Waals surface area contributed by atoms with E-state index in [-0.39, 0.29) is 0 Å². The summed E-state index contributed by atoms with van der Waals surface area (Å²) >= 11 is 0. The Morgan fingerprint density at radius 1 is 0.214 bits per heavy atom. The summed E-state index contributed by atoms with van der Waals surface area (Å²) in [5.74, 6) is 0. The number of rotatable bonds is 5. The fourth-order valence-corrected chi connectivity index (χ4v) is 14.0. The van der Waals surface area contributed by atoms with Crippen molar-refractivity contribution in [3.8, 4) is 58.2 Å². The Balaban J connectivity index is 0.824. The van der Waals surface area contributed by atoms with Crippen molar-refractivity contribution in [3.05, 3.63) is 265 Å². The van der Waals surface area contributed by atoms with Crippen LogP contribution in [0.15, 0.2) is 243 Å². The Bertz CT molecular complexity index is 5940. The smallest absolute Gasteiger partial charge is 0.103 e. The third-order valence-corrected chi connectivity index (χ3v) is 17.5. The standard InChI is InChI=1S/C76H40N8/c77-41-58-60(43-79)69(83-65-24-12-8-20-56(65)74-50-15-3-1-13-45(50)26-32-71(74)83)37-35-68(58)82-64-23-11-7-19-55(64)57-40-48(28-31-66(57)82)47-25-30-52-49(39-47)29-34-73-76(52)75-51-16-4-2-14-46(51)27-33-72(75)84(73)70-38-36-67(59(42-78)61(70)44-80)81-62-21-9-5-17-53(62)54-18-6-10-22-63(54)81/h1-40H. The van der Waals surface area contributed by atoms with Gasteiger partial charge in [0.2, 0.25) is 0 Å². The number of nitriles is 4. The number of hydrogen-bond donors (Lipinski definition) is 0. The van der Waals surface area contributed by atoms with Crippen LogP contribution in [0.1, 0.15) is 22.3 Å². The number of para-hydroxylation sites is 4. The lowest BCUT2D eigenvalue weighted by molar-refractivity contribution is 1.12. The van der Waals surface area contributed by atoms with Gasteiger partial charge in [0.15, 0.2) is 0 Å². The molecule has 8 heteroatoms. The van der Waals surface area contributed by atoms with Gasteiger partial charge in [-0.1, -0.05) is 158 Å². The minimum absolute atomic E-state index is 0.300. The second kappa shape index (κ2) is 17.6. The van der Waals surface area contributed by atoms with Crippen LogP contribution in [0.25, 0.3) is 153 Å². The first kappa shape index (κ1) is 46.7. The fraction of sp³-hybridized carbons (Fsp3) is 0. The van der Waals surface area contributed by atoms with Crippen molar-refractivity contribution in [3.63, 3.8) is 0 Å². The van der Waals surface area contributed by atoms with Gasteiger partial charge in [-0.2, -0.15) is 21.0 Å². The molecule has 17 rings (SSSR count). The molecule has 4 aromatic heterocycles. The van der Waals surface area contributed by atoms with Crippen LogP contribution in [-0.4, -0.2) is 18.3 Å². The predicted octanol–water partition coefficient (Wildman–Crippen LogP) is 18.7. The van der Waals surface area contributed by atoms with Gasteiger partial charge in [-0.15, -0.1) is 0 Å². The molecule has 384 valence electrons. The molecule has 0 amide bonds. The van der Waals surface area contributed by atoms with Crippen molar-refractivity contribution >= 4 is 120 Å². The highest BCUT2D eigenvalue weighted by atomic mass is 15.0. The highest BCUT2D eigenvalue weighted by Crippen LogP contribution is 2.45. The quantitative estimate of drug-likeness (QED) is 0.171. The molecule has 0 aliphatic carbocycles. The molecule has 0 radical (unpaired) electrons. The zero-order chi connectivity index (χ0) is 55.9. The summed E-state index contributed by atoms with van der Waals surface area (Å²) in [7, 11) is 0. The van der Waals surface area contributed by atoms with Crippen LogP contribution in [0, 0.1) is 45.3 Å². The minimum Gasteiger partial charge on any atom is -0.308 e. The van der Waals surface area contributed by atoms with Crippen LogP contribution in [0.5, 0.6) is 0 Å². The van der Waals surface area contributed by atoms with Gasteiger partial charge in [0.1, 0.15) is 24.3 Å². The summed E-state index contributed by atoms with van der Waals surface area (Å²) in [6, 6.07) is 93.7. The van der Waals surface area contributed by atoms with Gasteiger partial charge in [-0.3, -0.25) is 0 Å². The number of aromatic nitrogens is 4. The zero-order valence-corrected chi connectivity index (χ0v) is 44.7. The van der Waals surface area contributed by atoms with Crippen molar-refractivity contribution in [2.75, 3.05) is 0 Å². The SMILES string of the molecule is N#Cc1c(-n2c3ccccc3c3cc(-c4ccc5c(ccc6c5c5c7ccccc7ccc5n6-c5ccc(-n6c7ccccc7c7ccccc76)c(C#N)c5C#N)c4)ccc32)ccc(-n2c3ccccc3c3c4ccccc4ccc32)c1C#N. The maximum absolute atomic E-state index is 11.2. The van der Waals surface area contributed by atoms with Crippen molar-refractivity contribution in [1.82, 2.24) is 18.3 Å². The molecule has 4 heterocycles. The second-order valence-electron chi connectivity index (χ2n) is 21.6. The molecule has 13 aromatic carbocycles. The molecule has 8 nitrogen and oxygen atoms in total. The Morgan fingerprint density at radius 3 is 1.01 bits per heavy atom. The van der Waals surface area contributed by atoms with E-state index in [1.54, 1.807) is 0 Å². The minimum atomic E-state index is 0.300. The van der Waals surface area contributed by atoms with Crippen LogP contribution in [0.4, 0.5) is 0 Å². The number of nitrogens with zero attached hydrogens (tertiary/aromatic N) is 8. The average Bonchev–Trinajstić information content (AvgIpc) is 2.41. The zero-order valence-electron chi connectivity index (χ0n) is 44.7. The average molecular weight is 1070 g/mol. The molecule has 0 saturated carbocycles. The molecular weight excluding hydrogens is 1020 g/mol. The Labute approximate surface area is 479 Å². The van der Waals surface area contributed by atoms with Crippen LogP contribution < -0.4 is 0 Å². The molecule has 0 spiro atoms. The highest BCUT2D eigenvalue weighted by Gasteiger charge is 2.26. The van der Waals surface area contributed by atoms with Crippen LogP contribution in [0.3, 0.4) is 0 Å². The van der Waals surface area contributed by atoms with Gasteiger partial charge < -0.3 is 18.3 Å². The van der Waals surface area contributed by atoms with E-state index in [1.165, 1.54) is 0 Å². The van der Waals surface area contributed by atoms with E-state index in [4.69, 9.17) is 0 Å². The third kappa shape index (κ3) is 6.31. The van der Waals surface area contributed by atoms with E-state index >= 15 is 0 Å². The lowest BCUT2D eigenvalue weighted by Crippen LogP contribution is -2.05. The molecule has 0 bridgehead atoms. The van der Waals surface area contributed by atoms with Crippen LogP contribution in [0.2, 0.25) is 0 Å². The highest BCUT2D eigenvalue weighted by molar-refractivity contribution is 6.29. The third-order valence-electron chi connectivity index (χ3n) is 17.5.